The van der Waals surface area contributed by atoms with Crippen molar-refractivity contribution < 1.29 is 28.9 Å². The molecular formula is C30H39ClN6O6S. The van der Waals surface area contributed by atoms with Crippen LogP contribution in [0.15, 0.2) is 28.4 Å². The van der Waals surface area contributed by atoms with Crippen LogP contribution in [0.2, 0.25) is 5.02 Å². The van der Waals surface area contributed by atoms with Gasteiger partial charge in [-0.25, -0.2) is 24.5 Å². The third-order valence-electron chi connectivity index (χ3n) is 7.94. The number of nitrogens with zero attached hydrogens (tertiary/aromatic N) is 5. The van der Waals surface area contributed by atoms with Crippen molar-refractivity contribution in [2.24, 2.45) is 5.41 Å². The van der Waals surface area contributed by atoms with E-state index >= 15 is 0 Å². The van der Waals surface area contributed by atoms with Crippen LogP contribution in [-0.2, 0) is 20.8 Å². The van der Waals surface area contributed by atoms with E-state index in [0.29, 0.717) is 57.5 Å². The lowest BCUT2D eigenvalue weighted by Gasteiger charge is -2.43. The van der Waals surface area contributed by atoms with Crippen LogP contribution in [0, 0.1) is 12.3 Å². The number of aryl methyl sites for hydroxylation is 1. The van der Waals surface area contributed by atoms with Gasteiger partial charge >= 0.3 is 12.1 Å². The van der Waals surface area contributed by atoms with Gasteiger partial charge in [-0.05, 0) is 60.5 Å². The first kappa shape index (κ1) is 32.3. The summed E-state index contributed by atoms with van der Waals surface area (Å²) in [6, 6.07) is 1.65. The van der Waals surface area contributed by atoms with Gasteiger partial charge in [0.1, 0.15) is 16.3 Å². The van der Waals surface area contributed by atoms with E-state index in [2.05, 4.69) is 15.2 Å². The minimum absolute atomic E-state index is 0.134. The summed E-state index contributed by atoms with van der Waals surface area (Å²) in [4.78, 5) is 41.6. The average Bonchev–Trinajstić information content (AvgIpc) is 3.53. The molecule has 0 aromatic carbocycles. The smallest absolute Gasteiger partial charge is 0.407 e. The van der Waals surface area contributed by atoms with E-state index < -0.39 is 17.7 Å². The summed E-state index contributed by atoms with van der Waals surface area (Å²) in [5.74, 6) is 0.126. The van der Waals surface area contributed by atoms with Crippen molar-refractivity contribution in [1.82, 2.24) is 24.7 Å². The molecule has 1 spiro atoms. The maximum atomic E-state index is 12.6. The quantitative estimate of drug-likeness (QED) is 0.342. The molecule has 0 saturated carbocycles. The first-order valence-corrected chi connectivity index (χ1v) is 15.9. The predicted octanol–water partition coefficient (Wildman–Crippen LogP) is 4.80. The van der Waals surface area contributed by atoms with Gasteiger partial charge in [0, 0.05) is 35.8 Å². The number of hydrogen-bond acceptors (Lipinski definition) is 11. The van der Waals surface area contributed by atoms with Gasteiger partial charge in [0.05, 0.1) is 42.7 Å². The Morgan fingerprint density at radius 1 is 1.25 bits per heavy atom. The lowest BCUT2D eigenvalue weighted by atomic mass is 9.73. The van der Waals surface area contributed by atoms with Crippen LogP contribution in [0.1, 0.15) is 69.3 Å². The number of aromatic nitrogens is 4. The van der Waals surface area contributed by atoms with Crippen molar-refractivity contribution in [2.45, 2.75) is 88.7 Å². The number of piperidine rings is 1. The van der Waals surface area contributed by atoms with Crippen molar-refractivity contribution in [1.29, 1.82) is 0 Å². The van der Waals surface area contributed by atoms with Crippen molar-refractivity contribution >= 4 is 46.9 Å². The summed E-state index contributed by atoms with van der Waals surface area (Å²) in [5, 5.41) is 14.3. The highest BCUT2D eigenvalue weighted by Gasteiger charge is 2.50. The number of esters is 1. The average molecular weight is 647 g/mol. The Hall–Kier alpha value is -3.13. The van der Waals surface area contributed by atoms with Gasteiger partial charge in [-0.15, -0.1) is 0 Å². The maximum Gasteiger partial charge on any atom is 0.407 e. The molecule has 44 heavy (non-hydrogen) atoms. The van der Waals surface area contributed by atoms with Crippen LogP contribution in [0.3, 0.4) is 0 Å². The van der Waals surface area contributed by atoms with E-state index in [1.165, 1.54) is 11.8 Å². The topological polar surface area (TPSA) is 140 Å². The number of aliphatic hydroxyl groups is 1. The van der Waals surface area contributed by atoms with Crippen molar-refractivity contribution in [2.75, 3.05) is 31.2 Å². The largest absolute Gasteiger partial charge is 0.461 e. The van der Waals surface area contributed by atoms with Crippen LogP contribution >= 0.6 is 23.4 Å². The summed E-state index contributed by atoms with van der Waals surface area (Å²) in [5.41, 5.74) is 0.951. The molecule has 2 atom stereocenters. The first-order valence-electron chi connectivity index (χ1n) is 14.7. The highest BCUT2D eigenvalue weighted by molar-refractivity contribution is 7.99. The third-order valence-corrected chi connectivity index (χ3v) is 9.57. The van der Waals surface area contributed by atoms with Crippen LogP contribution in [0.25, 0.3) is 5.65 Å². The minimum atomic E-state index is -0.587. The van der Waals surface area contributed by atoms with E-state index in [4.69, 9.17) is 35.8 Å². The number of alkyl carbamates (subject to hydrolysis) is 1. The zero-order valence-corrected chi connectivity index (χ0v) is 27.4. The molecule has 2 saturated heterocycles. The number of fused-ring (bicyclic) bond motifs is 1. The van der Waals surface area contributed by atoms with E-state index in [1.54, 1.807) is 23.7 Å². The number of imidazole rings is 1. The van der Waals surface area contributed by atoms with Gasteiger partial charge in [-0.3, -0.25) is 0 Å². The minimum Gasteiger partial charge on any atom is -0.461 e. The Balaban J connectivity index is 1.32. The summed E-state index contributed by atoms with van der Waals surface area (Å²) >= 11 is 8.02. The molecule has 0 bridgehead atoms. The van der Waals surface area contributed by atoms with Crippen LogP contribution in [0.4, 0.5) is 10.6 Å². The fourth-order valence-corrected chi connectivity index (χ4v) is 6.96. The molecule has 2 fully saturated rings. The molecule has 1 amide bonds. The Kier molecular flexibility index (Phi) is 9.31. The number of nitrogens with one attached hydrogen (secondary N) is 1. The SMILES string of the molecule is CCOC(=O)c1cn2ccc(Sc3nc(CO)c(N4CCC5(CC4)CO[C@@H](C)[C@H]5NC(=O)OC(C)(C)C)nc3C)c(Cl)c2n1. The van der Waals surface area contributed by atoms with Gasteiger partial charge in [0.25, 0.3) is 0 Å². The Morgan fingerprint density at radius 3 is 2.64 bits per heavy atom. The molecule has 5 heterocycles. The summed E-state index contributed by atoms with van der Waals surface area (Å²) in [6.45, 7) is 13.0. The zero-order chi connectivity index (χ0) is 31.8. The number of amides is 1. The third kappa shape index (κ3) is 6.60. The molecule has 3 aromatic heterocycles. The number of hydrogen-bond donors (Lipinski definition) is 2. The number of pyridine rings is 1. The number of rotatable bonds is 7. The van der Waals surface area contributed by atoms with Crippen LogP contribution in [0.5, 0.6) is 0 Å². The lowest BCUT2D eigenvalue weighted by Crippen LogP contribution is -2.55. The highest BCUT2D eigenvalue weighted by atomic mass is 35.5. The van der Waals surface area contributed by atoms with Gasteiger partial charge in [-0.1, -0.05) is 23.4 Å². The molecule has 0 aliphatic carbocycles. The number of anilines is 1. The van der Waals surface area contributed by atoms with E-state index in [-0.39, 0.29) is 36.5 Å². The molecule has 0 radical (unpaired) electrons. The fourth-order valence-electron chi connectivity index (χ4n) is 5.77. The molecule has 2 aliphatic heterocycles. The molecule has 5 rings (SSSR count). The Bertz CT molecular complexity index is 1550. The standard InChI is InChI=1S/C30H39ClN6O6S/c1-7-41-27(39)19-14-37-11-8-21(22(31)25(37)33-19)44-26-17(2)32-24(20(15-38)34-26)36-12-9-30(10-13-36)16-42-18(3)23(30)35-28(40)43-29(4,5)6/h8,11,14,18,23,38H,7,9-10,12-13,15-16H2,1-6H3,(H,35,40)/t18-,23+/m0/s1. The number of carbonyl (C=O) groups is 2. The van der Waals surface area contributed by atoms with E-state index in [9.17, 15) is 14.7 Å². The second-order valence-corrected chi connectivity index (χ2v) is 13.6. The van der Waals surface area contributed by atoms with E-state index in [1.807, 2.05) is 40.7 Å². The second kappa shape index (κ2) is 12.7. The lowest BCUT2D eigenvalue weighted by molar-refractivity contribution is 0.0433. The van der Waals surface area contributed by atoms with Gasteiger partial charge in [0.15, 0.2) is 17.2 Å². The first-order chi connectivity index (χ1) is 20.8. The van der Waals surface area contributed by atoms with Crippen LogP contribution < -0.4 is 10.2 Å². The van der Waals surface area contributed by atoms with Gasteiger partial charge in [-0.2, -0.15) is 0 Å². The normalized spacial score (nSPS) is 19.9. The maximum absolute atomic E-state index is 12.6. The second-order valence-electron chi connectivity index (χ2n) is 12.2. The molecule has 0 unspecified atom stereocenters. The van der Waals surface area contributed by atoms with Crippen LogP contribution in [-0.4, -0.2) is 80.6 Å². The summed E-state index contributed by atoms with van der Waals surface area (Å²) in [7, 11) is 0. The predicted molar refractivity (Wildman–Crippen MR) is 165 cm³/mol. The van der Waals surface area contributed by atoms with Gasteiger partial charge in [0.2, 0.25) is 0 Å². The number of carbonyl (C=O) groups excluding carboxylic acids is 2. The summed E-state index contributed by atoms with van der Waals surface area (Å²) in [6.07, 6.45) is 4.32. The van der Waals surface area contributed by atoms with E-state index in [0.717, 1.165) is 12.8 Å². The van der Waals surface area contributed by atoms with Crippen molar-refractivity contribution in [3.63, 3.8) is 0 Å². The molecule has 3 aromatic rings. The number of halogens is 1. The molecule has 2 aliphatic rings. The van der Waals surface area contributed by atoms with Crippen molar-refractivity contribution in [3.8, 4) is 0 Å². The summed E-state index contributed by atoms with van der Waals surface area (Å²) < 4.78 is 18.3. The molecule has 14 heteroatoms. The zero-order valence-electron chi connectivity index (χ0n) is 25.8. The fraction of sp³-hybridized carbons (Fsp3) is 0.567. The molecule has 12 nitrogen and oxygen atoms in total. The molecular weight excluding hydrogens is 608 g/mol. The van der Waals surface area contributed by atoms with Gasteiger partial charge < -0.3 is 33.9 Å². The molecule has 238 valence electrons. The number of aliphatic hydroxyl groups excluding tert-OH is 1. The highest BCUT2D eigenvalue weighted by Crippen LogP contribution is 2.44. The Morgan fingerprint density at radius 2 is 1.98 bits per heavy atom. The Labute approximate surface area is 265 Å². The molecule has 2 N–H and O–H groups in total. The monoisotopic (exact) mass is 646 g/mol. The number of ether oxygens (including phenoxy) is 3. The van der Waals surface area contributed by atoms with Crippen molar-refractivity contribution in [3.05, 3.63) is 40.6 Å².